The quantitative estimate of drug-likeness (QED) is 0.610. The Morgan fingerprint density at radius 3 is 2.89 bits per heavy atom. The van der Waals surface area contributed by atoms with Crippen LogP contribution in [0.25, 0.3) is 0 Å². The number of thioether (sulfide) groups is 1. The van der Waals surface area contributed by atoms with Gasteiger partial charge in [-0.05, 0) is 19.1 Å². The number of rotatable bonds is 6. The molecule has 18 heavy (non-hydrogen) atoms. The standard InChI is InChI=1S/C14H21NO2S/c1-12-14(16,7-9-17-12)11-15-8-10-18-13-5-3-2-4-6-13/h2-6,12,15-16H,7-11H2,1H3. The van der Waals surface area contributed by atoms with E-state index in [0.29, 0.717) is 13.2 Å². The Hall–Kier alpha value is -0.550. The number of benzene rings is 1. The van der Waals surface area contributed by atoms with E-state index >= 15 is 0 Å². The van der Waals surface area contributed by atoms with Crippen molar-refractivity contribution in [2.45, 2.75) is 29.9 Å². The number of nitrogens with one attached hydrogen (secondary N) is 1. The first-order valence-corrected chi connectivity index (χ1v) is 7.42. The van der Waals surface area contributed by atoms with E-state index < -0.39 is 5.60 Å². The molecule has 2 unspecified atom stereocenters. The zero-order valence-electron chi connectivity index (χ0n) is 10.8. The monoisotopic (exact) mass is 267 g/mol. The van der Waals surface area contributed by atoms with E-state index in [1.54, 1.807) is 0 Å². The van der Waals surface area contributed by atoms with Crippen LogP contribution < -0.4 is 5.32 Å². The molecular formula is C14H21NO2S. The van der Waals surface area contributed by atoms with Gasteiger partial charge in [0.1, 0.15) is 5.60 Å². The van der Waals surface area contributed by atoms with Gasteiger partial charge >= 0.3 is 0 Å². The van der Waals surface area contributed by atoms with Crippen molar-refractivity contribution in [3.63, 3.8) is 0 Å². The maximum absolute atomic E-state index is 10.3. The smallest absolute Gasteiger partial charge is 0.105 e. The first kappa shape index (κ1) is 13.9. The molecule has 1 aliphatic rings. The van der Waals surface area contributed by atoms with Crippen LogP contribution in [0, 0.1) is 0 Å². The van der Waals surface area contributed by atoms with Crippen molar-refractivity contribution < 1.29 is 9.84 Å². The normalized spacial score (nSPS) is 27.6. The Bertz CT molecular complexity index is 360. The van der Waals surface area contributed by atoms with Gasteiger partial charge in [-0.2, -0.15) is 0 Å². The fraction of sp³-hybridized carbons (Fsp3) is 0.571. The van der Waals surface area contributed by atoms with Crippen LogP contribution in [0.15, 0.2) is 35.2 Å². The molecule has 0 saturated carbocycles. The Kier molecular flexibility index (Phi) is 5.06. The van der Waals surface area contributed by atoms with Crippen LogP contribution in [0.4, 0.5) is 0 Å². The summed E-state index contributed by atoms with van der Waals surface area (Å²) in [7, 11) is 0. The SMILES string of the molecule is CC1OCCC1(O)CNCCSc1ccccc1. The Morgan fingerprint density at radius 2 is 2.22 bits per heavy atom. The second kappa shape index (κ2) is 6.57. The highest BCUT2D eigenvalue weighted by molar-refractivity contribution is 7.99. The fourth-order valence-electron chi connectivity index (χ4n) is 2.07. The van der Waals surface area contributed by atoms with E-state index in [1.807, 2.05) is 24.8 Å². The second-order valence-corrected chi connectivity index (χ2v) is 5.87. The minimum atomic E-state index is -0.683. The molecule has 1 aromatic rings. The van der Waals surface area contributed by atoms with Gasteiger partial charge in [0.05, 0.1) is 6.10 Å². The lowest BCUT2D eigenvalue weighted by atomic mass is 9.97. The zero-order valence-corrected chi connectivity index (χ0v) is 11.6. The van der Waals surface area contributed by atoms with E-state index in [0.717, 1.165) is 18.7 Å². The molecule has 0 spiro atoms. The Morgan fingerprint density at radius 1 is 1.44 bits per heavy atom. The van der Waals surface area contributed by atoms with E-state index in [4.69, 9.17) is 4.74 Å². The van der Waals surface area contributed by atoms with Crippen LogP contribution in [-0.4, -0.2) is 42.3 Å². The Labute approximate surface area is 113 Å². The summed E-state index contributed by atoms with van der Waals surface area (Å²) in [6.07, 6.45) is 0.666. The molecule has 4 heteroatoms. The third kappa shape index (κ3) is 3.72. The molecule has 0 radical (unpaired) electrons. The molecule has 2 atom stereocenters. The lowest BCUT2D eigenvalue weighted by molar-refractivity contribution is -0.0257. The average Bonchev–Trinajstić information content (AvgIpc) is 2.71. The molecule has 2 N–H and O–H groups in total. The molecule has 1 saturated heterocycles. The van der Waals surface area contributed by atoms with Crippen molar-refractivity contribution in [2.24, 2.45) is 0 Å². The molecule has 0 amide bonds. The minimum absolute atomic E-state index is 0.0632. The maximum Gasteiger partial charge on any atom is 0.105 e. The van der Waals surface area contributed by atoms with Crippen LogP contribution in [-0.2, 0) is 4.74 Å². The number of hydrogen-bond donors (Lipinski definition) is 2. The van der Waals surface area contributed by atoms with E-state index in [9.17, 15) is 5.11 Å². The van der Waals surface area contributed by atoms with Gasteiger partial charge in [0.2, 0.25) is 0 Å². The van der Waals surface area contributed by atoms with Gasteiger partial charge in [-0.25, -0.2) is 0 Å². The van der Waals surface area contributed by atoms with Gasteiger partial charge in [0.15, 0.2) is 0 Å². The average molecular weight is 267 g/mol. The molecule has 0 bridgehead atoms. The molecule has 0 aromatic heterocycles. The van der Waals surface area contributed by atoms with Crippen LogP contribution in [0.3, 0.4) is 0 Å². The van der Waals surface area contributed by atoms with Gasteiger partial charge in [-0.15, -0.1) is 11.8 Å². The molecule has 3 nitrogen and oxygen atoms in total. The van der Waals surface area contributed by atoms with Crippen LogP contribution in [0.5, 0.6) is 0 Å². The van der Waals surface area contributed by atoms with Crippen LogP contribution in [0.2, 0.25) is 0 Å². The first-order chi connectivity index (χ1) is 8.71. The molecule has 1 aromatic carbocycles. The summed E-state index contributed by atoms with van der Waals surface area (Å²) in [4.78, 5) is 1.29. The highest BCUT2D eigenvalue weighted by atomic mass is 32.2. The largest absolute Gasteiger partial charge is 0.386 e. The predicted molar refractivity (Wildman–Crippen MR) is 75.0 cm³/mol. The number of hydrogen-bond acceptors (Lipinski definition) is 4. The molecule has 1 fully saturated rings. The van der Waals surface area contributed by atoms with Crippen LogP contribution in [0.1, 0.15) is 13.3 Å². The van der Waals surface area contributed by atoms with Gasteiger partial charge < -0.3 is 15.2 Å². The van der Waals surface area contributed by atoms with E-state index in [-0.39, 0.29) is 6.10 Å². The van der Waals surface area contributed by atoms with Crippen molar-refractivity contribution in [2.75, 3.05) is 25.4 Å². The summed E-state index contributed by atoms with van der Waals surface area (Å²) in [6, 6.07) is 10.4. The molecule has 0 aliphatic carbocycles. The van der Waals surface area contributed by atoms with Crippen molar-refractivity contribution in [3.05, 3.63) is 30.3 Å². The third-order valence-corrected chi connectivity index (χ3v) is 4.40. The summed E-state index contributed by atoms with van der Waals surface area (Å²) < 4.78 is 5.40. The summed E-state index contributed by atoms with van der Waals surface area (Å²) in [5, 5.41) is 13.6. The van der Waals surface area contributed by atoms with Crippen molar-refractivity contribution >= 4 is 11.8 Å². The maximum atomic E-state index is 10.3. The third-order valence-electron chi connectivity index (χ3n) is 3.38. The second-order valence-electron chi connectivity index (χ2n) is 4.70. The lowest BCUT2D eigenvalue weighted by Gasteiger charge is -2.26. The topological polar surface area (TPSA) is 41.5 Å². The summed E-state index contributed by atoms with van der Waals surface area (Å²) >= 11 is 1.83. The van der Waals surface area contributed by atoms with Gasteiger partial charge in [0, 0.05) is 36.8 Å². The summed E-state index contributed by atoms with van der Waals surface area (Å²) in [6.45, 7) is 4.11. The van der Waals surface area contributed by atoms with Crippen molar-refractivity contribution in [1.29, 1.82) is 0 Å². The zero-order chi connectivity index (χ0) is 12.8. The van der Waals surface area contributed by atoms with Crippen LogP contribution >= 0.6 is 11.8 Å². The predicted octanol–water partition coefficient (Wildman–Crippen LogP) is 1.91. The Balaban J connectivity index is 1.62. The molecular weight excluding hydrogens is 246 g/mol. The summed E-state index contributed by atoms with van der Waals surface area (Å²) in [5.41, 5.74) is -0.683. The highest BCUT2D eigenvalue weighted by Gasteiger charge is 2.38. The minimum Gasteiger partial charge on any atom is -0.386 e. The van der Waals surface area contributed by atoms with E-state index in [2.05, 4.69) is 29.6 Å². The first-order valence-electron chi connectivity index (χ1n) is 6.43. The van der Waals surface area contributed by atoms with Gasteiger partial charge in [-0.3, -0.25) is 0 Å². The van der Waals surface area contributed by atoms with Gasteiger partial charge in [0.25, 0.3) is 0 Å². The molecule has 2 rings (SSSR count). The molecule has 100 valence electrons. The fourth-order valence-corrected chi connectivity index (χ4v) is 2.90. The highest BCUT2D eigenvalue weighted by Crippen LogP contribution is 2.24. The molecule has 1 aliphatic heterocycles. The van der Waals surface area contributed by atoms with Crippen molar-refractivity contribution in [3.8, 4) is 0 Å². The number of ether oxygens (including phenoxy) is 1. The van der Waals surface area contributed by atoms with Crippen molar-refractivity contribution in [1.82, 2.24) is 5.32 Å². The number of aliphatic hydroxyl groups is 1. The van der Waals surface area contributed by atoms with E-state index in [1.165, 1.54) is 4.90 Å². The summed E-state index contributed by atoms with van der Waals surface area (Å²) in [5.74, 6) is 1.01. The molecule has 1 heterocycles. The lowest BCUT2D eigenvalue weighted by Crippen LogP contribution is -2.46. The van der Waals surface area contributed by atoms with Gasteiger partial charge in [-0.1, -0.05) is 18.2 Å².